The number of aromatic nitrogens is 2. The average molecular weight is 462 g/mol. The molecule has 0 saturated heterocycles. The van der Waals surface area contributed by atoms with E-state index in [1.165, 1.54) is 16.7 Å². The number of nitrogens with zero attached hydrogens (tertiary/aromatic N) is 2. The van der Waals surface area contributed by atoms with E-state index in [0.29, 0.717) is 16.8 Å². The Labute approximate surface area is 195 Å². The summed E-state index contributed by atoms with van der Waals surface area (Å²) in [6.45, 7) is 4.22. The minimum Gasteiger partial charge on any atom is -0.325 e. The van der Waals surface area contributed by atoms with Crippen LogP contribution in [-0.2, 0) is 4.79 Å². The number of hydrogen-bond donors (Lipinski definition) is 1. The molecule has 33 heavy (non-hydrogen) atoms. The summed E-state index contributed by atoms with van der Waals surface area (Å²) < 4.78 is 15.8. The second kappa shape index (κ2) is 10.0. The number of benzene rings is 3. The zero-order valence-corrected chi connectivity index (χ0v) is 19.2. The molecule has 0 saturated carbocycles. The summed E-state index contributed by atoms with van der Waals surface area (Å²) in [4.78, 5) is 30.6. The summed E-state index contributed by atoms with van der Waals surface area (Å²) in [6.07, 6.45) is 0.956. The highest BCUT2D eigenvalue weighted by atomic mass is 32.2. The Morgan fingerprint density at radius 3 is 2.55 bits per heavy atom. The van der Waals surface area contributed by atoms with Gasteiger partial charge in [0.25, 0.3) is 5.56 Å². The van der Waals surface area contributed by atoms with Gasteiger partial charge in [-0.05, 0) is 48.2 Å². The molecule has 4 rings (SSSR count). The van der Waals surface area contributed by atoms with E-state index in [0.717, 1.165) is 29.4 Å². The number of hydrogen-bond acceptors (Lipinski definition) is 4. The molecule has 1 atom stereocenters. The molecular formula is C26H24FN3O2S. The number of fused-ring (bicyclic) bond motifs is 1. The third-order valence-corrected chi connectivity index (χ3v) is 6.49. The van der Waals surface area contributed by atoms with Crippen molar-refractivity contribution in [2.75, 3.05) is 11.1 Å². The van der Waals surface area contributed by atoms with Crippen LogP contribution >= 0.6 is 11.8 Å². The van der Waals surface area contributed by atoms with Gasteiger partial charge in [-0.25, -0.2) is 9.37 Å². The monoisotopic (exact) mass is 461 g/mol. The van der Waals surface area contributed by atoms with Crippen molar-refractivity contribution in [3.8, 4) is 5.69 Å². The van der Waals surface area contributed by atoms with Crippen molar-refractivity contribution in [3.63, 3.8) is 0 Å². The van der Waals surface area contributed by atoms with Gasteiger partial charge < -0.3 is 5.32 Å². The fourth-order valence-electron chi connectivity index (χ4n) is 3.63. The van der Waals surface area contributed by atoms with Crippen LogP contribution in [-0.4, -0.2) is 21.2 Å². The summed E-state index contributed by atoms with van der Waals surface area (Å²) >= 11 is 1.10. The normalized spacial score (nSPS) is 12.0. The lowest BCUT2D eigenvalue weighted by Crippen LogP contribution is -2.23. The quantitative estimate of drug-likeness (QED) is 0.280. The van der Waals surface area contributed by atoms with E-state index in [4.69, 9.17) is 0 Å². The fraction of sp³-hybridized carbons (Fsp3) is 0.192. The van der Waals surface area contributed by atoms with Crippen molar-refractivity contribution in [1.29, 1.82) is 0 Å². The van der Waals surface area contributed by atoms with Crippen LogP contribution in [0.3, 0.4) is 0 Å². The molecule has 4 aromatic rings. The van der Waals surface area contributed by atoms with Crippen LogP contribution < -0.4 is 10.9 Å². The summed E-state index contributed by atoms with van der Waals surface area (Å²) in [7, 11) is 0. The van der Waals surface area contributed by atoms with Crippen LogP contribution in [0.4, 0.5) is 10.1 Å². The number of rotatable bonds is 7. The fourth-order valence-corrected chi connectivity index (χ4v) is 4.44. The molecular weight excluding hydrogens is 437 g/mol. The maximum absolute atomic E-state index is 14.6. The predicted molar refractivity (Wildman–Crippen MR) is 132 cm³/mol. The summed E-state index contributed by atoms with van der Waals surface area (Å²) in [5, 5.41) is 3.61. The third kappa shape index (κ3) is 4.83. The van der Waals surface area contributed by atoms with Gasteiger partial charge in [-0.1, -0.05) is 68.1 Å². The van der Waals surface area contributed by atoms with E-state index in [1.807, 2.05) is 24.3 Å². The Hall–Kier alpha value is -3.45. The zero-order valence-electron chi connectivity index (χ0n) is 18.4. The van der Waals surface area contributed by atoms with Gasteiger partial charge in [0, 0.05) is 5.69 Å². The van der Waals surface area contributed by atoms with E-state index in [-0.39, 0.29) is 28.1 Å². The molecule has 0 spiro atoms. The minimum atomic E-state index is -0.537. The Morgan fingerprint density at radius 2 is 1.76 bits per heavy atom. The lowest BCUT2D eigenvalue weighted by molar-refractivity contribution is -0.113. The zero-order chi connectivity index (χ0) is 23.4. The molecule has 1 amide bonds. The first-order valence-corrected chi connectivity index (χ1v) is 11.8. The van der Waals surface area contributed by atoms with Crippen LogP contribution in [0.5, 0.6) is 0 Å². The van der Waals surface area contributed by atoms with Gasteiger partial charge in [0.15, 0.2) is 5.16 Å². The second-order valence-corrected chi connectivity index (χ2v) is 8.68. The minimum absolute atomic E-state index is 0.0219. The first-order valence-electron chi connectivity index (χ1n) is 10.8. The number of nitrogens with one attached hydrogen (secondary N) is 1. The number of thioether (sulfide) groups is 1. The summed E-state index contributed by atoms with van der Waals surface area (Å²) in [6, 6.07) is 20.7. The van der Waals surface area contributed by atoms with Gasteiger partial charge in [0.1, 0.15) is 5.82 Å². The molecule has 7 heteroatoms. The van der Waals surface area contributed by atoms with Gasteiger partial charge in [-0.2, -0.15) is 0 Å². The molecule has 168 valence electrons. The molecule has 0 unspecified atom stereocenters. The Morgan fingerprint density at radius 1 is 1.06 bits per heavy atom. The molecule has 0 aliphatic carbocycles. The van der Waals surface area contributed by atoms with E-state index in [2.05, 4.69) is 24.1 Å². The van der Waals surface area contributed by atoms with Crippen molar-refractivity contribution in [2.45, 2.75) is 31.3 Å². The number of halogens is 1. The summed E-state index contributed by atoms with van der Waals surface area (Å²) in [5.41, 5.74) is 2.07. The summed E-state index contributed by atoms with van der Waals surface area (Å²) in [5.74, 6) is -0.431. The van der Waals surface area contributed by atoms with Crippen LogP contribution in [0.2, 0.25) is 0 Å². The van der Waals surface area contributed by atoms with Gasteiger partial charge in [-0.15, -0.1) is 0 Å². The van der Waals surface area contributed by atoms with Crippen molar-refractivity contribution in [2.24, 2.45) is 0 Å². The lowest BCUT2D eigenvalue weighted by atomic mass is 9.97. The molecule has 1 N–H and O–H groups in total. The third-order valence-electron chi connectivity index (χ3n) is 5.55. The largest absolute Gasteiger partial charge is 0.325 e. The van der Waals surface area contributed by atoms with Crippen molar-refractivity contribution in [3.05, 3.63) is 94.5 Å². The van der Waals surface area contributed by atoms with E-state index >= 15 is 0 Å². The van der Waals surface area contributed by atoms with Crippen molar-refractivity contribution < 1.29 is 9.18 Å². The average Bonchev–Trinajstić information content (AvgIpc) is 2.83. The van der Waals surface area contributed by atoms with Gasteiger partial charge >= 0.3 is 0 Å². The highest BCUT2D eigenvalue weighted by Crippen LogP contribution is 2.27. The molecule has 0 aliphatic heterocycles. The molecule has 3 aromatic carbocycles. The van der Waals surface area contributed by atoms with E-state index in [9.17, 15) is 14.0 Å². The SMILES string of the molecule is CC[C@@H](C)c1ccccc1NC(=O)CSc1nc2ccccc2c(=O)n1-c1ccccc1F. The Balaban J connectivity index is 1.66. The predicted octanol–water partition coefficient (Wildman–Crippen LogP) is 5.77. The molecule has 1 heterocycles. The number of amides is 1. The van der Waals surface area contributed by atoms with Gasteiger partial charge in [0.2, 0.25) is 5.91 Å². The Kier molecular flexibility index (Phi) is 6.89. The molecule has 5 nitrogen and oxygen atoms in total. The lowest BCUT2D eigenvalue weighted by Gasteiger charge is -2.16. The van der Waals surface area contributed by atoms with Crippen LogP contribution in [0.1, 0.15) is 31.7 Å². The standard InChI is InChI=1S/C26H24FN3O2S/c1-3-17(2)18-10-4-7-13-21(18)28-24(31)16-33-26-29-22-14-8-5-11-19(22)25(32)30(26)23-15-9-6-12-20(23)27/h4-15,17H,3,16H2,1-2H3,(H,28,31)/t17-/m1/s1. The molecule has 0 aliphatic rings. The first kappa shape index (κ1) is 22.7. The highest BCUT2D eigenvalue weighted by Gasteiger charge is 2.18. The van der Waals surface area contributed by atoms with Crippen LogP contribution in [0, 0.1) is 5.82 Å². The number of carbonyl (C=O) groups is 1. The number of anilines is 1. The molecule has 0 bridgehead atoms. The smallest absolute Gasteiger partial charge is 0.266 e. The highest BCUT2D eigenvalue weighted by molar-refractivity contribution is 7.99. The Bertz CT molecular complexity index is 1370. The van der Waals surface area contributed by atoms with Crippen LogP contribution in [0.15, 0.2) is 82.7 Å². The van der Waals surface area contributed by atoms with Gasteiger partial charge in [-0.3, -0.25) is 14.2 Å². The van der Waals surface area contributed by atoms with E-state index in [1.54, 1.807) is 36.4 Å². The maximum Gasteiger partial charge on any atom is 0.266 e. The second-order valence-electron chi connectivity index (χ2n) is 7.74. The van der Waals surface area contributed by atoms with Crippen molar-refractivity contribution in [1.82, 2.24) is 9.55 Å². The maximum atomic E-state index is 14.6. The topological polar surface area (TPSA) is 64.0 Å². The van der Waals surface area contributed by atoms with E-state index < -0.39 is 5.82 Å². The molecule has 0 radical (unpaired) electrons. The molecule has 0 fully saturated rings. The molecule has 1 aromatic heterocycles. The number of para-hydroxylation sites is 3. The first-order chi connectivity index (χ1) is 16.0. The van der Waals surface area contributed by atoms with Crippen LogP contribution in [0.25, 0.3) is 16.6 Å². The van der Waals surface area contributed by atoms with Crippen molar-refractivity contribution >= 4 is 34.3 Å². The number of carbonyl (C=O) groups excluding carboxylic acids is 1. The van der Waals surface area contributed by atoms with Gasteiger partial charge in [0.05, 0.1) is 22.3 Å².